The molecule has 2 amide bonds. The number of methoxy groups -OCH3 is 1. The van der Waals surface area contributed by atoms with Gasteiger partial charge in [-0.2, -0.15) is 10.1 Å². The van der Waals surface area contributed by atoms with Gasteiger partial charge in [-0.15, -0.1) is 0 Å². The Labute approximate surface area is 182 Å². The lowest BCUT2D eigenvalue weighted by Gasteiger charge is -2.18. The number of carbonyl (C=O) groups excluding carboxylic acids is 2. The zero-order valence-electron chi connectivity index (χ0n) is 17.1. The van der Waals surface area contributed by atoms with E-state index in [0.29, 0.717) is 22.8 Å². The Morgan fingerprint density at radius 2 is 1.84 bits per heavy atom. The summed E-state index contributed by atoms with van der Waals surface area (Å²) in [4.78, 5) is 36.4. The van der Waals surface area contributed by atoms with Crippen molar-refractivity contribution in [3.8, 4) is 17.1 Å². The summed E-state index contributed by atoms with van der Waals surface area (Å²) < 4.78 is 11.0. The number of fused-ring (bicyclic) bond motifs is 3. The van der Waals surface area contributed by atoms with Gasteiger partial charge in [0.25, 0.3) is 17.5 Å². The highest BCUT2D eigenvalue weighted by Gasteiger charge is 2.73. The van der Waals surface area contributed by atoms with Gasteiger partial charge in [-0.3, -0.25) is 19.7 Å². The van der Waals surface area contributed by atoms with Crippen LogP contribution in [0.3, 0.4) is 0 Å². The second-order valence-corrected chi connectivity index (χ2v) is 8.80. The van der Waals surface area contributed by atoms with Crippen LogP contribution >= 0.6 is 0 Å². The van der Waals surface area contributed by atoms with Crippen molar-refractivity contribution in [2.24, 2.45) is 34.2 Å². The highest BCUT2D eigenvalue weighted by Crippen LogP contribution is 2.73. The van der Waals surface area contributed by atoms with Crippen LogP contribution in [-0.4, -0.2) is 35.1 Å². The minimum absolute atomic E-state index is 0.0908. The average molecular weight is 433 g/mol. The number of hydrogen-bond donors (Lipinski definition) is 0. The fourth-order valence-electron chi connectivity index (χ4n) is 5.86. The predicted octanol–water partition coefficient (Wildman–Crippen LogP) is 3.39. The van der Waals surface area contributed by atoms with Crippen LogP contribution in [0.1, 0.15) is 18.6 Å². The first-order chi connectivity index (χ1) is 15.4. The third-order valence-corrected chi connectivity index (χ3v) is 7.42. The molecule has 3 fully saturated rings. The molecule has 2 saturated carbocycles. The van der Waals surface area contributed by atoms with E-state index in [1.54, 1.807) is 18.2 Å². The molecule has 2 bridgehead atoms. The number of carbonyl (C=O) groups is 2. The zero-order chi connectivity index (χ0) is 22.2. The van der Waals surface area contributed by atoms with Crippen molar-refractivity contribution in [1.82, 2.24) is 5.01 Å². The smallest absolute Gasteiger partial charge is 0.273 e. The standard InChI is InChI=1S/C23H19N3O6/c1-31-18-10-12(26(29)30)2-4-14(18)17-7-3-13(32-17)11-24-25-21(27)19-15-5-6-16(20(19)22(25)28)23(15)8-9-23/h2-7,10-11,15-16,19-20H,8-9H2,1H3/b24-11-/t15-,16-,19-,20-/m0/s1. The number of hydrogen-bond acceptors (Lipinski definition) is 7. The second-order valence-electron chi connectivity index (χ2n) is 8.80. The number of nitro benzene ring substituents is 1. The summed E-state index contributed by atoms with van der Waals surface area (Å²) in [6.45, 7) is 0. The first kappa shape index (κ1) is 19.0. The highest BCUT2D eigenvalue weighted by molar-refractivity contribution is 6.07. The van der Waals surface area contributed by atoms with E-state index in [1.807, 2.05) is 0 Å². The highest BCUT2D eigenvalue weighted by atomic mass is 16.6. The maximum absolute atomic E-state index is 13.0. The van der Waals surface area contributed by atoms with E-state index in [1.165, 1.54) is 25.5 Å². The number of nitrogens with zero attached hydrogens (tertiary/aromatic N) is 3. The van der Waals surface area contributed by atoms with E-state index in [9.17, 15) is 19.7 Å². The van der Waals surface area contributed by atoms with Gasteiger partial charge in [0, 0.05) is 6.07 Å². The molecule has 0 unspecified atom stereocenters. The van der Waals surface area contributed by atoms with Crippen molar-refractivity contribution >= 4 is 23.7 Å². The van der Waals surface area contributed by atoms with E-state index in [2.05, 4.69) is 17.3 Å². The molecule has 2 aromatic rings. The molecule has 4 aliphatic rings. The SMILES string of the molecule is COc1cc([N+](=O)[O-])ccc1-c1ccc(/C=N\N2C(=O)[C@@H]3[C@@H](C2=O)[C@@H]2C=C[C@@H]3C23CC3)o1. The first-order valence-corrected chi connectivity index (χ1v) is 10.5. The number of furan rings is 1. The van der Waals surface area contributed by atoms with E-state index in [-0.39, 0.29) is 46.6 Å². The van der Waals surface area contributed by atoms with Crippen molar-refractivity contribution in [2.75, 3.05) is 7.11 Å². The summed E-state index contributed by atoms with van der Waals surface area (Å²) >= 11 is 0. The number of nitro groups is 1. The number of imide groups is 1. The molecule has 9 nitrogen and oxygen atoms in total. The summed E-state index contributed by atoms with van der Waals surface area (Å²) in [6.07, 6.45) is 7.77. The second kappa shape index (κ2) is 6.38. The molecule has 0 N–H and O–H groups in total. The van der Waals surface area contributed by atoms with Crippen LogP contribution in [0.15, 0.2) is 52.0 Å². The molecule has 1 aliphatic heterocycles. The van der Waals surface area contributed by atoms with E-state index >= 15 is 0 Å². The zero-order valence-corrected chi connectivity index (χ0v) is 17.1. The fourth-order valence-corrected chi connectivity index (χ4v) is 5.86. The minimum Gasteiger partial charge on any atom is -0.496 e. The average Bonchev–Trinajstić information content (AvgIpc) is 3.08. The molecule has 1 spiro atoms. The number of amides is 2. The Hall–Kier alpha value is -3.75. The van der Waals surface area contributed by atoms with Crippen LogP contribution in [-0.2, 0) is 9.59 Å². The lowest BCUT2D eigenvalue weighted by atomic mass is 9.85. The van der Waals surface area contributed by atoms with Gasteiger partial charge in [0.1, 0.15) is 17.3 Å². The van der Waals surface area contributed by atoms with Gasteiger partial charge in [0.15, 0.2) is 0 Å². The molecule has 0 radical (unpaired) electrons. The van der Waals surface area contributed by atoms with Gasteiger partial charge in [0.05, 0.1) is 41.7 Å². The largest absolute Gasteiger partial charge is 0.496 e. The molecule has 4 atom stereocenters. The minimum atomic E-state index is -0.501. The van der Waals surface area contributed by atoms with Crippen LogP contribution in [0.25, 0.3) is 11.3 Å². The predicted molar refractivity (Wildman–Crippen MR) is 112 cm³/mol. The molecular formula is C23H19N3O6. The van der Waals surface area contributed by atoms with Gasteiger partial charge in [0.2, 0.25) is 0 Å². The molecular weight excluding hydrogens is 414 g/mol. The lowest BCUT2D eigenvalue weighted by Crippen LogP contribution is -2.30. The van der Waals surface area contributed by atoms with Crippen LogP contribution in [0.5, 0.6) is 5.75 Å². The van der Waals surface area contributed by atoms with Gasteiger partial charge in [-0.1, -0.05) is 12.2 Å². The molecule has 3 aliphatic carbocycles. The molecule has 32 heavy (non-hydrogen) atoms. The maximum Gasteiger partial charge on any atom is 0.273 e. The normalized spacial score (nSPS) is 28.8. The van der Waals surface area contributed by atoms with Crippen LogP contribution in [0.4, 0.5) is 5.69 Å². The van der Waals surface area contributed by atoms with Crippen molar-refractivity contribution < 1.29 is 23.7 Å². The molecule has 6 rings (SSSR count). The van der Waals surface area contributed by atoms with E-state index in [4.69, 9.17) is 9.15 Å². The van der Waals surface area contributed by atoms with Gasteiger partial charge in [-0.25, -0.2) is 0 Å². The van der Waals surface area contributed by atoms with Gasteiger partial charge < -0.3 is 9.15 Å². The summed E-state index contributed by atoms with van der Waals surface area (Å²) in [5.74, 6) is 0.309. The quantitative estimate of drug-likeness (QED) is 0.235. The van der Waals surface area contributed by atoms with Crippen molar-refractivity contribution in [1.29, 1.82) is 0 Å². The van der Waals surface area contributed by atoms with Crippen molar-refractivity contribution in [3.05, 3.63) is 58.4 Å². The Kier molecular flexibility index (Phi) is 3.78. The van der Waals surface area contributed by atoms with Crippen LogP contribution < -0.4 is 4.74 Å². The molecule has 1 aromatic heterocycles. The molecule has 1 aromatic carbocycles. The van der Waals surface area contributed by atoms with Crippen molar-refractivity contribution in [3.63, 3.8) is 0 Å². The Bertz CT molecular complexity index is 1210. The summed E-state index contributed by atoms with van der Waals surface area (Å²) in [7, 11) is 1.42. The topological polar surface area (TPSA) is 115 Å². The number of hydrazone groups is 1. The van der Waals surface area contributed by atoms with Crippen molar-refractivity contribution in [2.45, 2.75) is 12.8 Å². The summed E-state index contributed by atoms with van der Waals surface area (Å²) in [6, 6.07) is 7.55. The molecule has 9 heteroatoms. The lowest BCUT2D eigenvalue weighted by molar-refractivity contribution is -0.384. The number of allylic oxidation sites excluding steroid dienone is 2. The number of ether oxygens (including phenoxy) is 1. The third-order valence-electron chi connectivity index (χ3n) is 7.42. The molecule has 2 heterocycles. The number of rotatable bonds is 5. The molecule has 1 saturated heterocycles. The molecule has 162 valence electrons. The Balaban J connectivity index is 1.23. The van der Waals surface area contributed by atoms with Gasteiger partial charge in [-0.05, 0) is 48.3 Å². The monoisotopic (exact) mass is 433 g/mol. The van der Waals surface area contributed by atoms with E-state index in [0.717, 1.165) is 17.9 Å². The Morgan fingerprint density at radius 3 is 2.44 bits per heavy atom. The Morgan fingerprint density at radius 1 is 1.16 bits per heavy atom. The fraction of sp³-hybridized carbons (Fsp3) is 0.348. The summed E-state index contributed by atoms with van der Waals surface area (Å²) in [5, 5.41) is 16.1. The number of benzene rings is 1. The maximum atomic E-state index is 13.0. The van der Waals surface area contributed by atoms with Gasteiger partial charge >= 0.3 is 0 Å². The first-order valence-electron chi connectivity index (χ1n) is 10.5. The van der Waals surface area contributed by atoms with E-state index < -0.39 is 4.92 Å². The number of non-ortho nitro benzene ring substituents is 1. The van der Waals surface area contributed by atoms with Crippen LogP contribution in [0, 0.1) is 39.2 Å². The summed E-state index contributed by atoms with van der Waals surface area (Å²) in [5.41, 5.74) is 0.598. The van der Waals surface area contributed by atoms with Crippen LogP contribution in [0.2, 0.25) is 0 Å². The third kappa shape index (κ3) is 2.41.